The molecule has 0 radical (unpaired) electrons. The van der Waals surface area contributed by atoms with Crippen LogP contribution in [0.25, 0.3) is 10.9 Å². The van der Waals surface area contributed by atoms with Gasteiger partial charge in [-0.05, 0) is 30.9 Å². The molecule has 18 heavy (non-hydrogen) atoms. The molecular weight excluding hydrogens is 224 g/mol. The Balaban J connectivity index is 1.63. The van der Waals surface area contributed by atoms with Crippen LogP contribution in [0.1, 0.15) is 18.4 Å². The van der Waals surface area contributed by atoms with E-state index in [2.05, 4.69) is 40.3 Å². The number of para-hydroxylation sites is 1. The second-order valence-corrected chi connectivity index (χ2v) is 5.18. The fourth-order valence-corrected chi connectivity index (χ4v) is 2.76. The Hall–Kier alpha value is -1.32. The molecule has 0 atom stereocenters. The van der Waals surface area contributed by atoms with Gasteiger partial charge in [0, 0.05) is 36.7 Å². The number of benzene rings is 1. The highest BCUT2D eigenvalue weighted by molar-refractivity contribution is 5.83. The Morgan fingerprint density at radius 2 is 2.00 bits per heavy atom. The summed E-state index contributed by atoms with van der Waals surface area (Å²) < 4.78 is 0. The quantitative estimate of drug-likeness (QED) is 0.868. The van der Waals surface area contributed by atoms with E-state index in [-0.39, 0.29) is 6.10 Å². The highest BCUT2D eigenvalue weighted by Crippen LogP contribution is 2.19. The molecule has 3 heteroatoms. The summed E-state index contributed by atoms with van der Waals surface area (Å²) in [5, 5.41) is 10.8. The number of piperidine rings is 1. The maximum absolute atomic E-state index is 9.49. The second kappa shape index (κ2) is 5.12. The third-order valence-corrected chi connectivity index (χ3v) is 3.93. The van der Waals surface area contributed by atoms with Crippen molar-refractivity contribution in [3.8, 4) is 0 Å². The smallest absolute Gasteiger partial charge is 0.0564 e. The number of hydrogen-bond donors (Lipinski definition) is 2. The number of aliphatic hydroxyl groups is 1. The normalized spacial score (nSPS) is 18.5. The summed E-state index contributed by atoms with van der Waals surface area (Å²) in [5.41, 5.74) is 2.62. The van der Waals surface area contributed by atoms with Gasteiger partial charge >= 0.3 is 0 Å². The van der Waals surface area contributed by atoms with E-state index in [0.717, 1.165) is 38.9 Å². The van der Waals surface area contributed by atoms with Crippen molar-refractivity contribution in [1.82, 2.24) is 9.88 Å². The molecule has 0 amide bonds. The molecular formula is C15H20N2O. The lowest BCUT2D eigenvalue weighted by Crippen LogP contribution is -2.36. The topological polar surface area (TPSA) is 39.3 Å². The van der Waals surface area contributed by atoms with E-state index in [4.69, 9.17) is 0 Å². The SMILES string of the molecule is OC1CCN(CCc2c[nH]c3ccccc23)CC1. The zero-order valence-electron chi connectivity index (χ0n) is 10.6. The van der Waals surface area contributed by atoms with Crippen LogP contribution in [0.3, 0.4) is 0 Å². The number of fused-ring (bicyclic) bond motifs is 1. The van der Waals surface area contributed by atoms with E-state index in [1.807, 2.05) is 0 Å². The van der Waals surface area contributed by atoms with Crippen molar-refractivity contribution in [1.29, 1.82) is 0 Å². The average Bonchev–Trinajstić information content (AvgIpc) is 2.82. The molecule has 0 bridgehead atoms. The van der Waals surface area contributed by atoms with E-state index in [9.17, 15) is 5.11 Å². The third kappa shape index (κ3) is 2.42. The maximum Gasteiger partial charge on any atom is 0.0564 e. The molecule has 1 fully saturated rings. The molecule has 2 heterocycles. The van der Waals surface area contributed by atoms with Crippen LogP contribution in [-0.2, 0) is 6.42 Å². The van der Waals surface area contributed by atoms with Crippen molar-refractivity contribution >= 4 is 10.9 Å². The zero-order valence-corrected chi connectivity index (χ0v) is 10.6. The molecule has 0 aliphatic carbocycles. The lowest BCUT2D eigenvalue weighted by atomic mass is 10.1. The van der Waals surface area contributed by atoms with Gasteiger partial charge in [-0.1, -0.05) is 18.2 Å². The molecule has 1 aliphatic rings. The molecule has 1 saturated heterocycles. The van der Waals surface area contributed by atoms with Crippen LogP contribution in [0, 0.1) is 0 Å². The van der Waals surface area contributed by atoms with Gasteiger partial charge in [-0.15, -0.1) is 0 Å². The number of aliphatic hydroxyl groups excluding tert-OH is 1. The number of rotatable bonds is 3. The van der Waals surface area contributed by atoms with Crippen LogP contribution in [0.4, 0.5) is 0 Å². The van der Waals surface area contributed by atoms with Crippen molar-refractivity contribution in [3.05, 3.63) is 36.0 Å². The van der Waals surface area contributed by atoms with Crippen LogP contribution in [0.2, 0.25) is 0 Å². The molecule has 96 valence electrons. The summed E-state index contributed by atoms with van der Waals surface area (Å²) in [6.45, 7) is 3.15. The molecule has 2 aromatic rings. The number of nitrogens with one attached hydrogen (secondary N) is 1. The van der Waals surface area contributed by atoms with Crippen LogP contribution in [0.15, 0.2) is 30.5 Å². The molecule has 0 spiro atoms. The monoisotopic (exact) mass is 244 g/mol. The first-order chi connectivity index (χ1) is 8.83. The van der Waals surface area contributed by atoms with Crippen molar-refractivity contribution in [2.45, 2.75) is 25.4 Å². The molecule has 1 aromatic heterocycles. The number of likely N-dealkylation sites (tertiary alicyclic amines) is 1. The van der Waals surface area contributed by atoms with Crippen molar-refractivity contribution < 1.29 is 5.11 Å². The number of H-pyrrole nitrogens is 1. The van der Waals surface area contributed by atoms with E-state index in [1.165, 1.54) is 16.5 Å². The minimum Gasteiger partial charge on any atom is -0.393 e. The van der Waals surface area contributed by atoms with Crippen molar-refractivity contribution in [2.75, 3.05) is 19.6 Å². The number of aromatic amines is 1. The highest BCUT2D eigenvalue weighted by Gasteiger charge is 2.16. The molecule has 3 rings (SSSR count). The van der Waals surface area contributed by atoms with Gasteiger partial charge in [0.2, 0.25) is 0 Å². The minimum absolute atomic E-state index is 0.0747. The minimum atomic E-state index is -0.0747. The van der Waals surface area contributed by atoms with Gasteiger partial charge in [0.05, 0.1) is 6.10 Å². The van der Waals surface area contributed by atoms with Gasteiger partial charge < -0.3 is 15.0 Å². The van der Waals surface area contributed by atoms with Crippen molar-refractivity contribution in [3.63, 3.8) is 0 Å². The molecule has 2 N–H and O–H groups in total. The Morgan fingerprint density at radius 1 is 1.22 bits per heavy atom. The highest BCUT2D eigenvalue weighted by atomic mass is 16.3. The van der Waals surface area contributed by atoms with Gasteiger partial charge in [0.1, 0.15) is 0 Å². The predicted molar refractivity (Wildman–Crippen MR) is 73.7 cm³/mol. The summed E-state index contributed by atoms with van der Waals surface area (Å²) in [5.74, 6) is 0. The summed E-state index contributed by atoms with van der Waals surface area (Å²) in [4.78, 5) is 5.78. The molecule has 1 aliphatic heterocycles. The van der Waals surface area contributed by atoms with Crippen molar-refractivity contribution in [2.24, 2.45) is 0 Å². The van der Waals surface area contributed by atoms with Gasteiger partial charge in [-0.25, -0.2) is 0 Å². The lowest BCUT2D eigenvalue weighted by Gasteiger charge is -2.29. The summed E-state index contributed by atoms with van der Waals surface area (Å²) in [6, 6.07) is 8.46. The number of nitrogens with zero attached hydrogens (tertiary/aromatic N) is 1. The Kier molecular flexibility index (Phi) is 3.35. The van der Waals surface area contributed by atoms with E-state index >= 15 is 0 Å². The van der Waals surface area contributed by atoms with Crippen LogP contribution in [-0.4, -0.2) is 40.7 Å². The first-order valence-corrected chi connectivity index (χ1v) is 6.78. The van der Waals surface area contributed by atoms with E-state index < -0.39 is 0 Å². The predicted octanol–water partition coefficient (Wildman–Crippen LogP) is 2.17. The van der Waals surface area contributed by atoms with Gasteiger partial charge in [-0.3, -0.25) is 0 Å². The number of hydrogen-bond acceptors (Lipinski definition) is 2. The molecule has 0 unspecified atom stereocenters. The van der Waals surface area contributed by atoms with Gasteiger partial charge in [0.15, 0.2) is 0 Å². The van der Waals surface area contributed by atoms with Gasteiger partial charge in [0.25, 0.3) is 0 Å². The summed E-state index contributed by atoms with van der Waals surface area (Å²) in [7, 11) is 0. The third-order valence-electron chi connectivity index (χ3n) is 3.93. The zero-order chi connectivity index (χ0) is 12.4. The van der Waals surface area contributed by atoms with Gasteiger partial charge in [-0.2, -0.15) is 0 Å². The second-order valence-electron chi connectivity index (χ2n) is 5.18. The lowest BCUT2D eigenvalue weighted by molar-refractivity contribution is 0.0832. The van der Waals surface area contributed by atoms with Crippen LogP contribution in [0.5, 0.6) is 0 Å². The Morgan fingerprint density at radius 3 is 2.83 bits per heavy atom. The van der Waals surface area contributed by atoms with Crippen LogP contribution >= 0.6 is 0 Å². The summed E-state index contributed by atoms with van der Waals surface area (Å²) in [6.07, 6.45) is 4.99. The Labute approximate surface area is 107 Å². The Bertz CT molecular complexity index is 512. The molecule has 0 saturated carbocycles. The largest absolute Gasteiger partial charge is 0.393 e. The average molecular weight is 244 g/mol. The number of aromatic nitrogens is 1. The maximum atomic E-state index is 9.49. The fourth-order valence-electron chi connectivity index (χ4n) is 2.76. The standard InChI is InChI=1S/C15H20N2O/c18-13-6-9-17(10-7-13)8-5-12-11-16-15-4-2-1-3-14(12)15/h1-4,11,13,16,18H,5-10H2. The van der Waals surface area contributed by atoms with Crippen LogP contribution < -0.4 is 0 Å². The van der Waals surface area contributed by atoms with E-state index in [0.29, 0.717) is 0 Å². The molecule has 1 aromatic carbocycles. The molecule has 3 nitrogen and oxygen atoms in total. The summed E-state index contributed by atoms with van der Waals surface area (Å²) >= 11 is 0. The van der Waals surface area contributed by atoms with E-state index in [1.54, 1.807) is 0 Å². The first kappa shape index (κ1) is 11.8. The fraction of sp³-hybridized carbons (Fsp3) is 0.467. The first-order valence-electron chi connectivity index (χ1n) is 6.78.